The second kappa shape index (κ2) is 39.3. The third-order valence-corrected chi connectivity index (χ3v) is 16.9. The van der Waals surface area contributed by atoms with Crippen LogP contribution >= 0.6 is 11.6 Å². The van der Waals surface area contributed by atoms with Crippen LogP contribution in [0.5, 0.6) is 0 Å². The van der Waals surface area contributed by atoms with Gasteiger partial charge in [-0.05, 0) is 115 Å². The zero-order valence-corrected chi connectivity index (χ0v) is 59.8. The number of aromatic amines is 1. The summed E-state index contributed by atoms with van der Waals surface area (Å²) < 4.78 is 31.6. The summed E-state index contributed by atoms with van der Waals surface area (Å²) >= 11 is 6.26. The van der Waals surface area contributed by atoms with Crippen molar-refractivity contribution < 1.29 is 70.6 Å². The smallest absolute Gasteiger partial charge is 0.394 e. The van der Waals surface area contributed by atoms with Gasteiger partial charge in [0.25, 0.3) is 0 Å². The van der Waals surface area contributed by atoms with Crippen molar-refractivity contribution in [3.63, 3.8) is 0 Å². The molecule has 1 aliphatic heterocycles. The Labute approximate surface area is 601 Å². The summed E-state index contributed by atoms with van der Waals surface area (Å²) in [6, 6.07) is 18.2. The second-order valence-corrected chi connectivity index (χ2v) is 27.0. The molecule has 0 spiro atoms. The molecule has 1 aliphatic rings. The van der Waals surface area contributed by atoms with Crippen LogP contribution in [0.2, 0.25) is 5.02 Å². The van der Waals surface area contributed by atoms with Gasteiger partial charge in [0.2, 0.25) is 71.0 Å². The number of amides is 10. The predicted molar refractivity (Wildman–Crippen MR) is 383 cm³/mol. The first-order valence-corrected chi connectivity index (χ1v) is 35.2. The zero-order valence-electron chi connectivity index (χ0n) is 58.2. The number of fused-ring (bicyclic) bond motifs is 1. The van der Waals surface area contributed by atoms with Gasteiger partial charge in [-0.2, -0.15) is 13.4 Å². The van der Waals surface area contributed by atoms with Crippen molar-refractivity contribution in [2.45, 2.75) is 160 Å². The van der Waals surface area contributed by atoms with Crippen LogP contribution in [0.3, 0.4) is 0 Å². The molecule has 1 saturated heterocycles. The minimum atomic E-state index is -4.67. The fraction of sp³-hybridized carbons (Fsp3) is 0.435. The number of nitrogens with zero attached hydrogens (tertiary/aromatic N) is 5. The van der Waals surface area contributed by atoms with Gasteiger partial charge in [0.15, 0.2) is 0 Å². The maximum absolute atomic E-state index is 15.0. The third kappa shape index (κ3) is 26.9. The van der Waals surface area contributed by atoms with E-state index < -0.39 is 130 Å². The number of H-pyrrole nitrogens is 1. The Morgan fingerprint density at radius 2 is 1.20 bits per heavy atom. The van der Waals surface area contributed by atoms with Crippen molar-refractivity contribution >= 4 is 109 Å². The number of aliphatic hydroxyl groups excluding tert-OH is 1. The molecule has 0 aliphatic carbocycles. The van der Waals surface area contributed by atoms with Gasteiger partial charge in [0.1, 0.15) is 54.4 Å². The summed E-state index contributed by atoms with van der Waals surface area (Å²) in [6.07, 6.45) is 3.86. The van der Waals surface area contributed by atoms with Gasteiger partial charge in [-0.3, -0.25) is 62.0 Å². The second-order valence-electron chi connectivity index (χ2n) is 25.7. The minimum absolute atomic E-state index is 0.0465. The number of likely N-dealkylation sites (tertiary alicyclic amines) is 1. The molecule has 1 fully saturated rings. The number of rotatable bonds is 35. The maximum Gasteiger partial charge on any atom is 0.394 e. The normalized spacial score (nSPS) is 15.1. The Kier molecular flexibility index (Phi) is 31.2. The Hall–Kier alpha value is -10.2. The average molecular weight is 1470 g/mol. The number of likely N-dealkylation sites (N-methyl/N-ethyl adjacent to an activating group) is 1. The summed E-state index contributed by atoms with van der Waals surface area (Å²) in [7, 11) is -3.18. The number of pyridine rings is 1. The highest BCUT2D eigenvalue weighted by molar-refractivity contribution is 7.79. The van der Waals surface area contributed by atoms with Crippen LogP contribution in [0.1, 0.15) is 95.9 Å². The molecule has 34 heteroatoms. The van der Waals surface area contributed by atoms with Gasteiger partial charge in [0, 0.05) is 75.3 Å². The molecule has 10 amide bonds. The van der Waals surface area contributed by atoms with E-state index in [1.807, 2.05) is 70.2 Å². The fourth-order valence-corrected chi connectivity index (χ4v) is 11.4. The van der Waals surface area contributed by atoms with E-state index in [9.17, 15) is 53.1 Å². The van der Waals surface area contributed by atoms with Crippen LogP contribution in [-0.2, 0) is 84.0 Å². The van der Waals surface area contributed by atoms with Crippen LogP contribution in [0, 0.1) is 5.92 Å². The lowest BCUT2D eigenvalue weighted by molar-refractivity contribution is -0.142. The molecule has 4 aromatic carbocycles. The number of nitrogens with two attached hydrogens (primary N) is 2. The number of benzene rings is 4. The van der Waals surface area contributed by atoms with E-state index in [4.69, 9.17) is 40.6 Å². The zero-order chi connectivity index (χ0) is 75.7. The first-order chi connectivity index (χ1) is 48.7. The molecule has 2 aromatic heterocycles. The highest BCUT2D eigenvalue weighted by Gasteiger charge is 2.40. The van der Waals surface area contributed by atoms with E-state index in [2.05, 4.69) is 68.0 Å². The summed E-state index contributed by atoms with van der Waals surface area (Å²) in [4.78, 5) is 153. The number of halogens is 1. The summed E-state index contributed by atoms with van der Waals surface area (Å²) in [5, 5.41) is 45.2. The number of hydrogen-bond acceptors (Lipinski definition) is 19. The topological polar surface area (TPSA) is 487 Å². The molecule has 17 N–H and O–H groups in total. The molecule has 3 heterocycles. The van der Waals surface area contributed by atoms with Gasteiger partial charge >= 0.3 is 10.4 Å². The number of carbonyl (C=O) groups excluding carboxylic acids is 10. The van der Waals surface area contributed by atoms with Gasteiger partial charge in [-0.1, -0.05) is 112 Å². The van der Waals surface area contributed by atoms with Crippen LogP contribution in [0.15, 0.2) is 116 Å². The van der Waals surface area contributed by atoms with Crippen molar-refractivity contribution in [2.24, 2.45) is 11.7 Å². The third-order valence-electron chi connectivity index (χ3n) is 16.7. The molecule has 2 unspecified atom stereocenters. The molecular formula is C69H92ClN17O15S. The first kappa shape index (κ1) is 81.8. The lowest BCUT2D eigenvalue weighted by Gasteiger charge is -2.31. The number of nitrogens with one attached hydrogen (secondary N) is 10. The van der Waals surface area contributed by atoms with E-state index in [0.717, 1.165) is 16.3 Å². The van der Waals surface area contributed by atoms with E-state index in [1.54, 1.807) is 60.7 Å². The number of primary amides is 1. The standard InChI is InChI=1S/C69H90ClN17O11.H2O4S/c1-39(2)31-52(60(91)77-51(16-11-29-74-40(3)4)67(98)87-30-12-17-57(87)65(96)75-41(5)59(71)90)78-61(92)53(34-44-21-26-50(27-22-44)76-69-83-68(72)84-85-69)80-64(95)56(38-88)82-63(94)55(35-46-13-10-28-73-37-46)79-62(93)54(33-43-19-24-49(70)25-20-43)81-66(97)58(86(7)42(6)89)36-45-18-23-47-14-8-9-15-48(47)32-45;1-5(2,3)4/h8-10,13-15,18-28,32,37,39-41,51-58,74,88H,11-12,16-17,29-31,33-36,38H2,1-7H3,(H2,71,90)(H,75,96)(H,77,91)(H,78,92)(H,79,93)(H,80,95)(H,81,97)(H,82,94)(H4,72,76,83,84,85);(H2,1,2,3,4)/t41-,51?,52+,53?,54-,55-,56+,57+,58-;/m1./s1. The van der Waals surface area contributed by atoms with Crippen molar-refractivity contribution in [3.05, 3.63) is 143 Å². The summed E-state index contributed by atoms with van der Waals surface area (Å²) in [6.45, 7) is 9.97. The van der Waals surface area contributed by atoms with Crippen LogP contribution in [0.4, 0.5) is 17.6 Å². The van der Waals surface area contributed by atoms with Crippen molar-refractivity contribution in [2.75, 3.05) is 37.8 Å². The van der Waals surface area contributed by atoms with E-state index in [-0.39, 0.29) is 68.9 Å². The SMILES string of the molecule is CC(=O)N(C)[C@H](Cc1ccc2ccccc2c1)C(=O)N[C@H](Cc1ccc(Cl)cc1)C(=O)N[C@H](Cc1cccnc1)C(=O)N[C@@H](CO)C(=O)NC(Cc1ccc(Nc2n[nH]c(N)n2)cc1)C(=O)N[C@@H](CC(C)C)C(=O)NC(CCCNC(C)C)C(=O)N1CCC[C@H]1C(=O)N[C@H](C)C(N)=O.O=S(=O)(O)O. The highest BCUT2D eigenvalue weighted by atomic mass is 35.5. The molecular weight excluding hydrogens is 1370 g/mol. The molecule has 7 rings (SSSR count). The van der Waals surface area contributed by atoms with Gasteiger partial charge < -0.3 is 74.2 Å². The number of nitrogen functional groups attached to an aromatic ring is 1. The Bertz CT molecular complexity index is 4000. The van der Waals surface area contributed by atoms with Gasteiger partial charge in [-0.25, -0.2) is 5.10 Å². The number of aromatic nitrogens is 4. The number of aliphatic hydroxyl groups is 1. The molecule has 556 valence electrons. The van der Waals surface area contributed by atoms with Crippen molar-refractivity contribution in [1.82, 2.24) is 72.5 Å². The predicted octanol–water partition coefficient (Wildman–Crippen LogP) is 1.50. The van der Waals surface area contributed by atoms with Crippen LogP contribution in [0.25, 0.3) is 10.8 Å². The number of carbonyl (C=O) groups is 10. The highest BCUT2D eigenvalue weighted by Crippen LogP contribution is 2.23. The fourth-order valence-electron chi connectivity index (χ4n) is 11.2. The number of anilines is 3. The van der Waals surface area contributed by atoms with Gasteiger partial charge in [0.05, 0.1) is 6.61 Å². The van der Waals surface area contributed by atoms with Crippen molar-refractivity contribution in [1.29, 1.82) is 0 Å². The first-order valence-electron chi connectivity index (χ1n) is 33.4. The van der Waals surface area contributed by atoms with Gasteiger partial charge in [-0.15, -0.1) is 5.10 Å². The molecule has 9 atom stereocenters. The molecule has 0 saturated carbocycles. The van der Waals surface area contributed by atoms with E-state index in [1.165, 1.54) is 43.1 Å². The number of hydrogen-bond donors (Lipinski definition) is 15. The monoisotopic (exact) mass is 1470 g/mol. The lowest BCUT2D eigenvalue weighted by Crippen LogP contribution is -2.61. The molecule has 103 heavy (non-hydrogen) atoms. The Morgan fingerprint density at radius 3 is 1.75 bits per heavy atom. The molecule has 6 aromatic rings. The maximum atomic E-state index is 15.0. The molecule has 0 radical (unpaired) electrons. The largest absolute Gasteiger partial charge is 0.394 e. The summed E-state index contributed by atoms with van der Waals surface area (Å²) in [5.41, 5.74) is 13.9. The minimum Gasteiger partial charge on any atom is -0.394 e. The van der Waals surface area contributed by atoms with E-state index >= 15 is 0 Å². The Morgan fingerprint density at radius 1 is 0.670 bits per heavy atom. The Balaban J connectivity index is 0.00000322. The molecule has 0 bridgehead atoms. The molecule has 32 nitrogen and oxygen atoms in total. The van der Waals surface area contributed by atoms with Crippen LogP contribution in [-0.4, -0.2) is 199 Å². The lowest BCUT2D eigenvalue weighted by atomic mass is 9.99. The van der Waals surface area contributed by atoms with E-state index in [0.29, 0.717) is 53.2 Å². The summed E-state index contributed by atoms with van der Waals surface area (Å²) in [5.74, 6) is -7.41. The quantitative estimate of drug-likeness (QED) is 0.0198. The van der Waals surface area contributed by atoms with Crippen LogP contribution < -0.4 is 59.3 Å². The average Bonchev–Trinajstić information content (AvgIpc) is 1.81. The van der Waals surface area contributed by atoms with Crippen molar-refractivity contribution in [3.8, 4) is 0 Å².